The van der Waals surface area contributed by atoms with Gasteiger partial charge in [-0.15, -0.1) is 0 Å². The number of hydrogen-bond donors (Lipinski definition) is 1. The van der Waals surface area contributed by atoms with Crippen LogP contribution in [-0.2, 0) is 17.8 Å². The fourth-order valence-corrected chi connectivity index (χ4v) is 4.43. The number of nitrogens with two attached hydrogens (primary N) is 1. The molecule has 1 unspecified atom stereocenters. The predicted molar refractivity (Wildman–Crippen MR) is 144 cm³/mol. The first kappa shape index (κ1) is 24.9. The number of carbonyl (C=O) groups is 1. The lowest BCUT2D eigenvalue weighted by Gasteiger charge is -2.27. The van der Waals surface area contributed by atoms with Crippen molar-refractivity contribution in [3.05, 3.63) is 136 Å². The lowest BCUT2D eigenvalue weighted by Crippen LogP contribution is -2.21. The summed E-state index contributed by atoms with van der Waals surface area (Å²) in [7, 11) is 0. The summed E-state index contributed by atoms with van der Waals surface area (Å²) >= 11 is 5.97. The van der Waals surface area contributed by atoms with Crippen LogP contribution < -0.4 is 19.9 Å². The van der Waals surface area contributed by atoms with E-state index in [1.54, 1.807) is 18.2 Å². The Balaban J connectivity index is 1.38. The molecule has 1 heterocycles. The van der Waals surface area contributed by atoms with Crippen molar-refractivity contribution in [1.82, 2.24) is 0 Å². The predicted octanol–water partition coefficient (Wildman–Crippen LogP) is 6.29. The summed E-state index contributed by atoms with van der Waals surface area (Å²) in [5.41, 5.74) is 9.83. The van der Waals surface area contributed by atoms with E-state index in [1.807, 2.05) is 78.9 Å². The van der Waals surface area contributed by atoms with Crippen molar-refractivity contribution in [3.8, 4) is 23.3 Å². The average molecular weight is 523 g/mol. The van der Waals surface area contributed by atoms with Crippen molar-refractivity contribution < 1.29 is 19.0 Å². The summed E-state index contributed by atoms with van der Waals surface area (Å²) in [4.78, 5) is 12.5. The standard InChI is InChI=1S/C31H23ClN2O4/c32-23-11-9-21(10-12-23)19-36-24-8-4-7-22(16-24)30-26-14-13-25(17-28(26)38-31(34)27(30)18-33)37-29(35)15-20-5-2-1-3-6-20/h1-14,16-17,30H,15,19,34H2. The lowest BCUT2D eigenvalue weighted by molar-refractivity contribution is -0.133. The minimum atomic E-state index is -0.475. The topological polar surface area (TPSA) is 94.6 Å². The number of fused-ring (bicyclic) bond motifs is 1. The Bertz CT molecular complexity index is 1540. The largest absolute Gasteiger partial charge is 0.489 e. The zero-order valence-corrected chi connectivity index (χ0v) is 21.0. The highest BCUT2D eigenvalue weighted by molar-refractivity contribution is 6.30. The molecule has 4 aromatic rings. The van der Waals surface area contributed by atoms with Crippen LogP contribution in [0, 0.1) is 11.3 Å². The maximum absolute atomic E-state index is 12.5. The van der Waals surface area contributed by atoms with Gasteiger partial charge in [-0.2, -0.15) is 5.26 Å². The molecule has 0 aliphatic carbocycles. The Kier molecular flexibility index (Phi) is 7.30. The van der Waals surface area contributed by atoms with Crippen LogP contribution in [-0.4, -0.2) is 5.97 Å². The number of nitriles is 1. The van der Waals surface area contributed by atoms with Crippen LogP contribution >= 0.6 is 11.6 Å². The van der Waals surface area contributed by atoms with E-state index in [-0.39, 0.29) is 12.3 Å². The van der Waals surface area contributed by atoms with Crippen LogP contribution in [0.4, 0.5) is 0 Å². The average Bonchev–Trinajstić information content (AvgIpc) is 2.92. The maximum atomic E-state index is 12.5. The van der Waals surface area contributed by atoms with Crippen LogP contribution in [0.5, 0.6) is 17.2 Å². The summed E-state index contributed by atoms with van der Waals surface area (Å²) in [6.07, 6.45) is 0.144. The van der Waals surface area contributed by atoms with Crippen LogP contribution in [0.2, 0.25) is 5.02 Å². The Labute approximate surface area is 225 Å². The second kappa shape index (κ2) is 11.1. The third-order valence-corrected chi connectivity index (χ3v) is 6.38. The quantitative estimate of drug-likeness (QED) is 0.226. The van der Waals surface area contributed by atoms with E-state index in [9.17, 15) is 10.1 Å². The van der Waals surface area contributed by atoms with Crippen molar-refractivity contribution in [1.29, 1.82) is 5.26 Å². The number of carbonyl (C=O) groups excluding carboxylic acids is 1. The summed E-state index contributed by atoms with van der Waals surface area (Å²) < 4.78 is 17.3. The molecule has 0 saturated carbocycles. The molecule has 0 radical (unpaired) electrons. The molecular weight excluding hydrogens is 500 g/mol. The highest BCUT2D eigenvalue weighted by Gasteiger charge is 2.31. The molecular formula is C31H23ClN2O4. The normalized spacial score (nSPS) is 14.2. The van der Waals surface area contributed by atoms with Crippen molar-refractivity contribution in [2.45, 2.75) is 18.9 Å². The molecule has 0 fully saturated rings. The molecule has 5 rings (SSSR count). The van der Waals surface area contributed by atoms with Gasteiger partial charge >= 0.3 is 5.97 Å². The Hall–Kier alpha value is -4.73. The fourth-order valence-electron chi connectivity index (χ4n) is 4.30. The van der Waals surface area contributed by atoms with Gasteiger partial charge in [0.15, 0.2) is 0 Å². The first-order chi connectivity index (χ1) is 18.5. The number of esters is 1. The second-order valence-corrected chi connectivity index (χ2v) is 9.18. The summed E-state index contributed by atoms with van der Waals surface area (Å²) in [5, 5.41) is 10.6. The van der Waals surface area contributed by atoms with Crippen LogP contribution in [0.15, 0.2) is 109 Å². The molecule has 38 heavy (non-hydrogen) atoms. The molecule has 4 aromatic carbocycles. The lowest BCUT2D eigenvalue weighted by atomic mass is 9.83. The van der Waals surface area contributed by atoms with E-state index in [4.69, 9.17) is 31.5 Å². The molecule has 7 heteroatoms. The van der Waals surface area contributed by atoms with Gasteiger partial charge in [-0.3, -0.25) is 4.79 Å². The molecule has 0 aromatic heterocycles. The van der Waals surface area contributed by atoms with E-state index in [0.717, 1.165) is 22.3 Å². The first-order valence-corrected chi connectivity index (χ1v) is 12.3. The zero-order chi connectivity index (χ0) is 26.5. The maximum Gasteiger partial charge on any atom is 0.315 e. The van der Waals surface area contributed by atoms with Gasteiger partial charge in [0, 0.05) is 16.7 Å². The highest BCUT2D eigenvalue weighted by Crippen LogP contribution is 2.44. The van der Waals surface area contributed by atoms with Gasteiger partial charge in [-0.1, -0.05) is 72.3 Å². The smallest absolute Gasteiger partial charge is 0.315 e. The summed E-state index contributed by atoms with van der Waals surface area (Å²) in [5.74, 6) is 0.533. The van der Waals surface area contributed by atoms with Gasteiger partial charge in [0.1, 0.15) is 35.5 Å². The Morgan fingerprint density at radius 2 is 1.71 bits per heavy atom. The molecule has 0 spiro atoms. The fraction of sp³-hybridized carbons (Fsp3) is 0.0968. The van der Waals surface area contributed by atoms with Crippen molar-refractivity contribution >= 4 is 17.6 Å². The molecule has 1 aliphatic rings. The van der Waals surface area contributed by atoms with Crippen molar-refractivity contribution in [3.63, 3.8) is 0 Å². The van der Waals surface area contributed by atoms with E-state index < -0.39 is 11.9 Å². The van der Waals surface area contributed by atoms with Crippen LogP contribution in [0.1, 0.15) is 28.2 Å². The number of rotatable bonds is 7. The number of nitrogens with zero attached hydrogens (tertiary/aromatic N) is 1. The van der Waals surface area contributed by atoms with Gasteiger partial charge in [0.25, 0.3) is 0 Å². The van der Waals surface area contributed by atoms with Gasteiger partial charge < -0.3 is 19.9 Å². The molecule has 1 aliphatic heterocycles. The molecule has 0 bridgehead atoms. The minimum Gasteiger partial charge on any atom is -0.489 e. The molecule has 6 nitrogen and oxygen atoms in total. The summed E-state index contributed by atoms with van der Waals surface area (Å²) in [6.45, 7) is 0.367. The van der Waals surface area contributed by atoms with Crippen LogP contribution in [0.25, 0.3) is 0 Å². The van der Waals surface area contributed by atoms with E-state index in [2.05, 4.69) is 6.07 Å². The Morgan fingerprint density at radius 1 is 0.921 bits per heavy atom. The number of hydrogen-bond acceptors (Lipinski definition) is 6. The van der Waals surface area contributed by atoms with Crippen molar-refractivity contribution in [2.75, 3.05) is 0 Å². The molecule has 188 valence electrons. The number of benzene rings is 4. The van der Waals surface area contributed by atoms with E-state index in [0.29, 0.717) is 34.5 Å². The van der Waals surface area contributed by atoms with Gasteiger partial charge in [0.2, 0.25) is 5.88 Å². The molecule has 0 saturated heterocycles. The molecule has 1 atom stereocenters. The number of halogens is 1. The number of ether oxygens (including phenoxy) is 3. The monoisotopic (exact) mass is 522 g/mol. The zero-order valence-electron chi connectivity index (χ0n) is 20.3. The van der Waals surface area contributed by atoms with E-state index in [1.165, 1.54) is 0 Å². The third kappa shape index (κ3) is 5.64. The molecule has 0 amide bonds. The number of allylic oxidation sites excluding steroid dienone is 1. The van der Waals surface area contributed by atoms with E-state index >= 15 is 0 Å². The van der Waals surface area contributed by atoms with Crippen LogP contribution in [0.3, 0.4) is 0 Å². The minimum absolute atomic E-state index is 0.00486. The highest BCUT2D eigenvalue weighted by atomic mass is 35.5. The summed E-state index contributed by atoms with van der Waals surface area (Å²) in [6, 6.07) is 31.6. The Morgan fingerprint density at radius 3 is 2.47 bits per heavy atom. The van der Waals surface area contributed by atoms with Gasteiger partial charge in [0.05, 0.1) is 12.3 Å². The second-order valence-electron chi connectivity index (χ2n) is 8.75. The first-order valence-electron chi connectivity index (χ1n) is 11.9. The third-order valence-electron chi connectivity index (χ3n) is 6.12. The van der Waals surface area contributed by atoms with Crippen molar-refractivity contribution in [2.24, 2.45) is 5.73 Å². The SMILES string of the molecule is N#CC1=C(N)Oc2cc(OC(=O)Cc3ccccc3)ccc2C1c1cccc(OCc2ccc(Cl)cc2)c1. The van der Waals surface area contributed by atoms with Gasteiger partial charge in [-0.05, 0) is 47.0 Å². The van der Waals surface area contributed by atoms with Gasteiger partial charge in [-0.25, -0.2) is 0 Å². The molecule has 2 N–H and O–H groups in total.